The summed E-state index contributed by atoms with van der Waals surface area (Å²) in [5.41, 5.74) is 1.00. The summed E-state index contributed by atoms with van der Waals surface area (Å²) in [6.07, 6.45) is 4.41. The smallest absolute Gasteiger partial charge is 0.225 e. The maximum atomic E-state index is 12.4. The van der Waals surface area contributed by atoms with Crippen LogP contribution in [0.4, 0.5) is 5.82 Å². The molecule has 1 amide bonds. The Morgan fingerprint density at radius 2 is 1.90 bits per heavy atom. The Hall–Kier alpha value is -1.65. The normalized spacial score (nSPS) is 20.1. The molecule has 0 bridgehead atoms. The van der Waals surface area contributed by atoms with Crippen molar-refractivity contribution in [2.75, 3.05) is 31.1 Å². The third kappa shape index (κ3) is 3.17. The van der Waals surface area contributed by atoms with Gasteiger partial charge in [0, 0.05) is 43.9 Å². The SMILES string of the molecule is Cc1cc(N2CCCN(C(=O)C3CCC3)CC2)nc(C)n1. The van der Waals surface area contributed by atoms with Gasteiger partial charge in [0.1, 0.15) is 11.6 Å². The number of aryl methyl sites for hydroxylation is 2. The van der Waals surface area contributed by atoms with Crippen molar-refractivity contribution in [2.45, 2.75) is 39.5 Å². The van der Waals surface area contributed by atoms with Crippen LogP contribution in [0.15, 0.2) is 6.07 Å². The third-order valence-corrected chi connectivity index (χ3v) is 4.54. The molecule has 2 heterocycles. The zero-order valence-corrected chi connectivity index (χ0v) is 13.0. The van der Waals surface area contributed by atoms with Gasteiger partial charge in [-0.05, 0) is 33.1 Å². The average Bonchev–Trinajstić information content (AvgIpc) is 2.61. The third-order valence-electron chi connectivity index (χ3n) is 4.54. The van der Waals surface area contributed by atoms with E-state index < -0.39 is 0 Å². The second kappa shape index (κ2) is 6.00. The molecule has 0 aromatic carbocycles. The lowest BCUT2D eigenvalue weighted by molar-refractivity contribution is -0.137. The van der Waals surface area contributed by atoms with Crippen LogP contribution in [-0.2, 0) is 4.79 Å². The second-order valence-electron chi connectivity index (χ2n) is 6.21. The molecular formula is C16H24N4O. The Bertz CT molecular complexity index is 507. The number of nitrogens with zero attached hydrogens (tertiary/aromatic N) is 4. The van der Waals surface area contributed by atoms with Gasteiger partial charge in [-0.2, -0.15) is 0 Å². The van der Waals surface area contributed by atoms with E-state index in [2.05, 4.69) is 19.8 Å². The van der Waals surface area contributed by atoms with E-state index in [0.717, 1.165) is 62.8 Å². The molecule has 1 aliphatic heterocycles. The molecule has 2 fully saturated rings. The van der Waals surface area contributed by atoms with Crippen molar-refractivity contribution in [2.24, 2.45) is 5.92 Å². The van der Waals surface area contributed by atoms with Crippen molar-refractivity contribution in [1.29, 1.82) is 0 Å². The lowest BCUT2D eigenvalue weighted by Crippen LogP contribution is -2.41. The van der Waals surface area contributed by atoms with Gasteiger partial charge in [-0.1, -0.05) is 6.42 Å². The number of carbonyl (C=O) groups is 1. The van der Waals surface area contributed by atoms with Crippen LogP contribution in [0.2, 0.25) is 0 Å². The Morgan fingerprint density at radius 1 is 1.10 bits per heavy atom. The highest BCUT2D eigenvalue weighted by Crippen LogP contribution is 2.28. The van der Waals surface area contributed by atoms with Crippen molar-refractivity contribution >= 4 is 11.7 Å². The van der Waals surface area contributed by atoms with Crippen LogP contribution >= 0.6 is 0 Å². The molecule has 1 aromatic rings. The average molecular weight is 288 g/mol. The van der Waals surface area contributed by atoms with Crippen molar-refractivity contribution in [3.8, 4) is 0 Å². The summed E-state index contributed by atoms with van der Waals surface area (Å²) in [6.45, 7) is 7.47. The topological polar surface area (TPSA) is 49.3 Å². The number of carbonyl (C=O) groups excluding carboxylic acids is 1. The number of rotatable bonds is 2. The summed E-state index contributed by atoms with van der Waals surface area (Å²) in [5, 5.41) is 0. The first-order chi connectivity index (χ1) is 10.1. The van der Waals surface area contributed by atoms with E-state index in [-0.39, 0.29) is 0 Å². The van der Waals surface area contributed by atoms with Crippen LogP contribution < -0.4 is 4.90 Å². The second-order valence-corrected chi connectivity index (χ2v) is 6.21. The first-order valence-electron chi connectivity index (χ1n) is 7.99. The van der Waals surface area contributed by atoms with Gasteiger partial charge in [0.15, 0.2) is 0 Å². The van der Waals surface area contributed by atoms with E-state index >= 15 is 0 Å². The number of hydrogen-bond donors (Lipinski definition) is 0. The van der Waals surface area contributed by atoms with Crippen molar-refractivity contribution < 1.29 is 4.79 Å². The predicted octanol–water partition coefficient (Wildman–Crippen LogP) is 1.93. The summed E-state index contributed by atoms with van der Waals surface area (Å²) in [7, 11) is 0. The molecule has 5 nitrogen and oxygen atoms in total. The lowest BCUT2D eigenvalue weighted by atomic mass is 9.84. The fourth-order valence-electron chi connectivity index (χ4n) is 3.14. The summed E-state index contributed by atoms with van der Waals surface area (Å²) in [6, 6.07) is 2.04. The molecule has 1 aliphatic carbocycles. The number of aromatic nitrogens is 2. The molecule has 1 saturated carbocycles. The molecule has 1 aromatic heterocycles. The van der Waals surface area contributed by atoms with Crippen LogP contribution in [-0.4, -0.2) is 47.0 Å². The van der Waals surface area contributed by atoms with Gasteiger partial charge < -0.3 is 9.80 Å². The Kier molecular flexibility index (Phi) is 4.08. The van der Waals surface area contributed by atoms with Gasteiger partial charge in [0.25, 0.3) is 0 Å². The fourth-order valence-corrected chi connectivity index (χ4v) is 3.14. The van der Waals surface area contributed by atoms with Gasteiger partial charge in [-0.25, -0.2) is 9.97 Å². The summed E-state index contributed by atoms with van der Waals surface area (Å²) in [4.78, 5) is 25.6. The molecule has 2 aliphatic rings. The lowest BCUT2D eigenvalue weighted by Gasteiger charge is -2.31. The summed E-state index contributed by atoms with van der Waals surface area (Å²) < 4.78 is 0. The molecule has 114 valence electrons. The van der Waals surface area contributed by atoms with E-state index in [9.17, 15) is 4.79 Å². The highest BCUT2D eigenvalue weighted by molar-refractivity contribution is 5.79. The van der Waals surface area contributed by atoms with Crippen LogP contribution in [0.25, 0.3) is 0 Å². The van der Waals surface area contributed by atoms with Crippen LogP contribution in [0.5, 0.6) is 0 Å². The molecule has 1 saturated heterocycles. The molecule has 0 radical (unpaired) electrons. The Labute approximate surface area is 126 Å². The van der Waals surface area contributed by atoms with Gasteiger partial charge in [-0.15, -0.1) is 0 Å². The molecule has 3 rings (SSSR count). The highest BCUT2D eigenvalue weighted by Gasteiger charge is 2.30. The van der Waals surface area contributed by atoms with Crippen molar-refractivity contribution in [3.63, 3.8) is 0 Å². The summed E-state index contributed by atoms with van der Waals surface area (Å²) >= 11 is 0. The fraction of sp³-hybridized carbons (Fsp3) is 0.688. The first kappa shape index (κ1) is 14.3. The number of hydrogen-bond acceptors (Lipinski definition) is 4. The van der Waals surface area contributed by atoms with Gasteiger partial charge in [0.2, 0.25) is 5.91 Å². The molecular weight excluding hydrogens is 264 g/mol. The van der Waals surface area contributed by atoms with Gasteiger partial charge in [-0.3, -0.25) is 4.79 Å². The monoisotopic (exact) mass is 288 g/mol. The van der Waals surface area contributed by atoms with E-state index in [1.807, 2.05) is 19.9 Å². The molecule has 0 spiro atoms. The predicted molar refractivity (Wildman–Crippen MR) is 82.3 cm³/mol. The zero-order chi connectivity index (χ0) is 14.8. The van der Waals surface area contributed by atoms with Gasteiger partial charge in [0.05, 0.1) is 0 Å². The maximum absolute atomic E-state index is 12.4. The minimum atomic E-state index is 0.306. The molecule has 21 heavy (non-hydrogen) atoms. The molecule has 0 unspecified atom stereocenters. The number of amides is 1. The minimum Gasteiger partial charge on any atom is -0.355 e. The van der Waals surface area contributed by atoms with Crippen molar-refractivity contribution in [3.05, 3.63) is 17.6 Å². The molecule has 0 atom stereocenters. The Morgan fingerprint density at radius 3 is 2.57 bits per heavy atom. The van der Waals surface area contributed by atoms with Gasteiger partial charge >= 0.3 is 0 Å². The zero-order valence-electron chi connectivity index (χ0n) is 13.0. The first-order valence-corrected chi connectivity index (χ1v) is 7.99. The van der Waals surface area contributed by atoms with E-state index in [1.165, 1.54) is 6.42 Å². The highest BCUT2D eigenvalue weighted by atomic mass is 16.2. The molecule has 5 heteroatoms. The van der Waals surface area contributed by atoms with E-state index in [4.69, 9.17) is 0 Å². The maximum Gasteiger partial charge on any atom is 0.225 e. The van der Waals surface area contributed by atoms with Crippen LogP contribution in [0.1, 0.15) is 37.2 Å². The largest absolute Gasteiger partial charge is 0.355 e. The van der Waals surface area contributed by atoms with E-state index in [0.29, 0.717) is 11.8 Å². The Balaban J connectivity index is 1.66. The summed E-state index contributed by atoms with van der Waals surface area (Å²) in [5.74, 6) is 2.49. The van der Waals surface area contributed by atoms with Crippen LogP contribution in [0.3, 0.4) is 0 Å². The van der Waals surface area contributed by atoms with Crippen LogP contribution in [0, 0.1) is 19.8 Å². The molecule has 0 N–H and O–H groups in total. The standard InChI is InChI=1S/C16H24N4O/c1-12-11-15(18-13(2)17-12)19-7-4-8-20(10-9-19)16(21)14-5-3-6-14/h11,14H,3-10H2,1-2H3. The minimum absolute atomic E-state index is 0.306. The quantitative estimate of drug-likeness (QED) is 0.834. The number of anilines is 1. The van der Waals surface area contributed by atoms with Crippen molar-refractivity contribution in [1.82, 2.24) is 14.9 Å². The van der Waals surface area contributed by atoms with E-state index in [1.54, 1.807) is 0 Å².